The summed E-state index contributed by atoms with van der Waals surface area (Å²) >= 11 is 0. The molecule has 0 unspecified atom stereocenters. The molecule has 0 atom stereocenters. The zero-order valence-corrected chi connectivity index (χ0v) is 8.21. The highest BCUT2D eigenvalue weighted by atomic mass is 32.2. The fourth-order valence-corrected chi connectivity index (χ4v) is 3.02. The molecule has 0 saturated carbocycles. The third-order valence-electron chi connectivity index (χ3n) is 1.77. The summed E-state index contributed by atoms with van der Waals surface area (Å²) in [4.78, 5) is 0. The third-order valence-corrected chi connectivity index (χ3v) is 3.94. The first-order valence-corrected chi connectivity index (χ1v) is 5.68. The Morgan fingerprint density at radius 2 is 2.00 bits per heavy atom. The van der Waals surface area contributed by atoms with E-state index in [1.54, 1.807) is 0 Å². The van der Waals surface area contributed by atoms with Crippen LogP contribution in [-0.4, -0.2) is 42.8 Å². The van der Waals surface area contributed by atoms with Gasteiger partial charge in [-0.05, 0) is 5.92 Å². The van der Waals surface area contributed by atoms with Crippen LogP contribution < -0.4 is 0 Å². The number of β-amino-alcohol motifs (C(OH)–C–C–N with tert-alkyl or cyclic N) is 1. The van der Waals surface area contributed by atoms with E-state index in [-0.39, 0.29) is 24.8 Å². The zero-order chi connectivity index (χ0) is 9.35. The zero-order valence-electron chi connectivity index (χ0n) is 7.40. The van der Waals surface area contributed by atoms with Crippen molar-refractivity contribution in [3.8, 4) is 0 Å². The maximum absolute atomic E-state index is 11.4. The molecule has 0 bridgehead atoms. The van der Waals surface area contributed by atoms with Gasteiger partial charge < -0.3 is 5.11 Å². The van der Waals surface area contributed by atoms with Crippen LogP contribution in [0.3, 0.4) is 0 Å². The summed E-state index contributed by atoms with van der Waals surface area (Å²) in [5.74, 6) is 0.326. The fourth-order valence-electron chi connectivity index (χ4n) is 1.17. The Bertz CT molecular complexity index is 241. The number of aliphatic hydroxyl groups excluding tert-OH is 1. The minimum Gasteiger partial charge on any atom is -0.390 e. The molecule has 1 heterocycles. The van der Waals surface area contributed by atoms with Crippen LogP contribution in [0.5, 0.6) is 0 Å². The molecule has 5 heteroatoms. The van der Waals surface area contributed by atoms with E-state index >= 15 is 0 Å². The van der Waals surface area contributed by atoms with Gasteiger partial charge >= 0.3 is 0 Å². The van der Waals surface area contributed by atoms with Gasteiger partial charge in [-0.1, -0.05) is 13.8 Å². The fraction of sp³-hybridized carbons (Fsp3) is 1.00. The quantitative estimate of drug-likeness (QED) is 0.666. The summed E-state index contributed by atoms with van der Waals surface area (Å²) in [5.41, 5.74) is 0. The van der Waals surface area contributed by atoms with Gasteiger partial charge in [0.15, 0.2) is 0 Å². The number of sulfonamides is 1. The lowest BCUT2D eigenvalue weighted by Gasteiger charge is -2.35. The van der Waals surface area contributed by atoms with Gasteiger partial charge in [0.2, 0.25) is 10.0 Å². The average Bonchev–Trinajstić information content (AvgIpc) is 1.77. The monoisotopic (exact) mass is 193 g/mol. The summed E-state index contributed by atoms with van der Waals surface area (Å²) in [5, 5.41) is 8.91. The smallest absolute Gasteiger partial charge is 0.214 e. The maximum Gasteiger partial charge on any atom is 0.214 e. The topological polar surface area (TPSA) is 57.6 Å². The first-order valence-electron chi connectivity index (χ1n) is 4.07. The number of rotatable bonds is 3. The van der Waals surface area contributed by atoms with E-state index in [9.17, 15) is 8.42 Å². The van der Waals surface area contributed by atoms with Crippen molar-refractivity contribution in [1.82, 2.24) is 4.31 Å². The Hall–Kier alpha value is -0.130. The van der Waals surface area contributed by atoms with Crippen LogP contribution in [0.25, 0.3) is 0 Å². The van der Waals surface area contributed by atoms with Crippen molar-refractivity contribution in [1.29, 1.82) is 0 Å². The Balaban J connectivity index is 2.50. The van der Waals surface area contributed by atoms with Crippen molar-refractivity contribution in [2.45, 2.75) is 20.0 Å². The Morgan fingerprint density at radius 3 is 2.33 bits per heavy atom. The highest BCUT2D eigenvalue weighted by Gasteiger charge is 2.34. The van der Waals surface area contributed by atoms with Crippen LogP contribution in [0.4, 0.5) is 0 Å². The molecule has 1 fully saturated rings. The molecule has 1 rings (SSSR count). The Kier molecular flexibility index (Phi) is 2.75. The molecule has 1 aliphatic rings. The lowest BCUT2D eigenvalue weighted by Crippen LogP contribution is -2.54. The molecule has 72 valence electrons. The van der Waals surface area contributed by atoms with Gasteiger partial charge in [0, 0.05) is 13.1 Å². The largest absolute Gasteiger partial charge is 0.390 e. The highest BCUT2D eigenvalue weighted by Crippen LogP contribution is 2.15. The molecule has 0 amide bonds. The normalized spacial score (nSPS) is 21.3. The van der Waals surface area contributed by atoms with E-state index in [1.165, 1.54) is 4.31 Å². The van der Waals surface area contributed by atoms with E-state index in [0.29, 0.717) is 0 Å². The molecule has 0 spiro atoms. The molecule has 0 aromatic carbocycles. The average molecular weight is 193 g/mol. The molecule has 1 saturated heterocycles. The minimum absolute atomic E-state index is 0.146. The molecule has 0 aromatic heterocycles. The van der Waals surface area contributed by atoms with E-state index in [0.717, 1.165) is 0 Å². The molecular formula is C7H15NO3S. The van der Waals surface area contributed by atoms with Gasteiger partial charge in [-0.15, -0.1) is 0 Å². The summed E-state index contributed by atoms with van der Waals surface area (Å²) in [6, 6.07) is 0. The number of aliphatic hydroxyl groups is 1. The predicted molar refractivity (Wildman–Crippen MR) is 46.2 cm³/mol. The van der Waals surface area contributed by atoms with E-state index < -0.39 is 16.1 Å². The summed E-state index contributed by atoms with van der Waals surface area (Å²) in [6.07, 6.45) is -0.452. The second kappa shape index (κ2) is 3.32. The number of hydrogen-bond donors (Lipinski definition) is 1. The van der Waals surface area contributed by atoms with Gasteiger partial charge in [-0.2, -0.15) is 4.31 Å². The van der Waals surface area contributed by atoms with E-state index in [4.69, 9.17) is 5.11 Å². The van der Waals surface area contributed by atoms with Crippen LogP contribution in [-0.2, 0) is 10.0 Å². The van der Waals surface area contributed by atoms with Crippen LogP contribution in [0, 0.1) is 5.92 Å². The Morgan fingerprint density at radius 1 is 1.50 bits per heavy atom. The van der Waals surface area contributed by atoms with Crippen LogP contribution in [0.15, 0.2) is 0 Å². The second-order valence-electron chi connectivity index (χ2n) is 3.64. The first kappa shape index (κ1) is 9.95. The lowest BCUT2D eigenvalue weighted by atomic mass is 10.2. The second-order valence-corrected chi connectivity index (χ2v) is 5.66. The van der Waals surface area contributed by atoms with E-state index in [1.807, 2.05) is 13.8 Å². The molecule has 12 heavy (non-hydrogen) atoms. The van der Waals surface area contributed by atoms with Crippen LogP contribution >= 0.6 is 0 Å². The maximum atomic E-state index is 11.4. The van der Waals surface area contributed by atoms with Crippen molar-refractivity contribution < 1.29 is 13.5 Å². The molecule has 1 aliphatic heterocycles. The van der Waals surface area contributed by atoms with Gasteiger partial charge in [0.1, 0.15) is 0 Å². The molecule has 0 radical (unpaired) electrons. The third kappa shape index (κ3) is 2.18. The predicted octanol–water partition coefficient (Wildman–Crippen LogP) is -0.351. The highest BCUT2D eigenvalue weighted by molar-refractivity contribution is 7.89. The van der Waals surface area contributed by atoms with Gasteiger partial charge in [0.05, 0.1) is 11.9 Å². The van der Waals surface area contributed by atoms with Crippen molar-refractivity contribution >= 4 is 10.0 Å². The van der Waals surface area contributed by atoms with Crippen molar-refractivity contribution in [2.24, 2.45) is 5.92 Å². The first-order chi connectivity index (χ1) is 5.42. The molecular weight excluding hydrogens is 178 g/mol. The van der Waals surface area contributed by atoms with Crippen molar-refractivity contribution in [2.75, 3.05) is 18.8 Å². The van der Waals surface area contributed by atoms with Crippen molar-refractivity contribution in [3.05, 3.63) is 0 Å². The van der Waals surface area contributed by atoms with Gasteiger partial charge in [-0.3, -0.25) is 0 Å². The lowest BCUT2D eigenvalue weighted by molar-refractivity contribution is 0.0546. The standard InChI is InChI=1S/C7H15NO3S/c1-6(2)5-12(10,11)8-3-7(9)4-8/h6-7,9H,3-5H2,1-2H3. The number of hydrogen-bond acceptors (Lipinski definition) is 3. The summed E-state index contributed by atoms with van der Waals surface area (Å²) in [7, 11) is -3.08. The van der Waals surface area contributed by atoms with Crippen molar-refractivity contribution in [3.63, 3.8) is 0 Å². The Labute approximate surface area is 73.2 Å². The summed E-state index contributed by atoms with van der Waals surface area (Å²) in [6.45, 7) is 4.28. The molecule has 4 nitrogen and oxygen atoms in total. The van der Waals surface area contributed by atoms with Gasteiger partial charge in [0.25, 0.3) is 0 Å². The SMILES string of the molecule is CC(C)CS(=O)(=O)N1CC(O)C1. The molecule has 1 N–H and O–H groups in total. The van der Waals surface area contributed by atoms with Gasteiger partial charge in [-0.25, -0.2) is 8.42 Å². The van der Waals surface area contributed by atoms with Crippen LogP contribution in [0.1, 0.15) is 13.8 Å². The van der Waals surface area contributed by atoms with E-state index in [2.05, 4.69) is 0 Å². The number of nitrogens with zero attached hydrogens (tertiary/aromatic N) is 1. The molecule has 0 aromatic rings. The molecule has 0 aliphatic carbocycles. The summed E-state index contributed by atoms with van der Waals surface area (Å²) < 4.78 is 24.1. The minimum atomic E-state index is -3.08. The van der Waals surface area contributed by atoms with Crippen LogP contribution in [0.2, 0.25) is 0 Å².